The molecule has 1 saturated heterocycles. The zero-order valence-electron chi connectivity index (χ0n) is 22.5. The highest BCUT2D eigenvalue weighted by Crippen LogP contribution is 2.39. The minimum absolute atomic E-state index is 0.0894. The first kappa shape index (κ1) is 25.0. The van der Waals surface area contributed by atoms with Crippen LogP contribution in [0.25, 0.3) is 11.1 Å². The Kier molecular flexibility index (Phi) is 6.61. The Morgan fingerprint density at radius 3 is 2.85 bits per heavy atom. The number of nitrogens with one attached hydrogen (secondary N) is 2. The first-order valence-corrected chi connectivity index (χ1v) is 14.8. The number of fused-ring (bicyclic) bond motifs is 2. The number of nitrogens with zero attached hydrogens (tertiary/aromatic N) is 5. The van der Waals surface area contributed by atoms with Gasteiger partial charge in [-0.15, -0.1) is 11.3 Å². The quantitative estimate of drug-likeness (QED) is 0.295. The van der Waals surface area contributed by atoms with Crippen molar-refractivity contribution in [2.75, 3.05) is 31.5 Å². The molecular formula is C31H31N7OS. The van der Waals surface area contributed by atoms with E-state index >= 15 is 0 Å². The molecule has 1 fully saturated rings. The van der Waals surface area contributed by atoms with Crippen molar-refractivity contribution < 1.29 is 4.79 Å². The van der Waals surface area contributed by atoms with Crippen LogP contribution in [0.3, 0.4) is 0 Å². The molecular weight excluding hydrogens is 518 g/mol. The summed E-state index contributed by atoms with van der Waals surface area (Å²) in [6, 6.07) is 12.7. The molecule has 7 rings (SSSR count). The van der Waals surface area contributed by atoms with E-state index in [-0.39, 0.29) is 11.7 Å². The van der Waals surface area contributed by atoms with Crippen molar-refractivity contribution in [2.24, 2.45) is 9.98 Å². The number of aromatic amines is 1. The van der Waals surface area contributed by atoms with E-state index in [0.717, 1.165) is 82.0 Å². The first-order valence-electron chi connectivity index (χ1n) is 14.0. The smallest absolute Gasteiger partial charge is 0.174 e. The number of thiophene rings is 1. The minimum atomic E-state index is 0.0894. The number of ketones is 1. The van der Waals surface area contributed by atoms with Crippen molar-refractivity contribution in [3.63, 3.8) is 0 Å². The largest absolute Gasteiger partial charge is 0.383 e. The molecule has 0 bridgehead atoms. The number of imidazole rings is 1. The lowest BCUT2D eigenvalue weighted by Crippen LogP contribution is -2.18. The molecule has 9 heteroatoms. The number of benzodiazepines with no additional fused rings is 1. The van der Waals surface area contributed by atoms with Crippen molar-refractivity contribution in [2.45, 2.75) is 38.6 Å². The Labute approximate surface area is 237 Å². The molecule has 1 aromatic carbocycles. The number of anilines is 1. The molecule has 4 aromatic rings. The van der Waals surface area contributed by atoms with Crippen LogP contribution in [0.5, 0.6) is 0 Å². The van der Waals surface area contributed by atoms with Gasteiger partial charge in [0.15, 0.2) is 17.4 Å². The second-order valence-electron chi connectivity index (χ2n) is 10.7. The Morgan fingerprint density at radius 2 is 2.00 bits per heavy atom. The van der Waals surface area contributed by atoms with Crippen molar-refractivity contribution in [3.05, 3.63) is 81.2 Å². The fourth-order valence-electron chi connectivity index (χ4n) is 5.83. The number of aliphatic imine (C=N–C) groups is 2. The lowest BCUT2D eigenvalue weighted by molar-refractivity contribution is 0.102. The van der Waals surface area contributed by atoms with Crippen molar-refractivity contribution in [1.82, 2.24) is 19.9 Å². The van der Waals surface area contributed by atoms with Gasteiger partial charge in [0.05, 0.1) is 17.1 Å². The number of aromatic nitrogens is 3. The molecule has 40 heavy (non-hydrogen) atoms. The van der Waals surface area contributed by atoms with Crippen LogP contribution in [-0.2, 0) is 6.54 Å². The summed E-state index contributed by atoms with van der Waals surface area (Å²) in [5.74, 6) is 1.60. The standard InChI is InChI=1S/C31H31N7OS/c1-19(39)26-6-7-27(40-26)23-8-9-35-30-29(23)36-31(37-30)28-24-15-21(4-5-25(24)33-10-11-34-28)22-14-20(16-32-17-22)18-38-12-2-3-13-38/h4-7,9,14-17,23,33H,2-3,8,10-13,18H2,1H3,(H,36,37). The summed E-state index contributed by atoms with van der Waals surface area (Å²) in [4.78, 5) is 39.0. The molecule has 3 aliphatic heterocycles. The predicted octanol–water partition coefficient (Wildman–Crippen LogP) is 5.83. The number of likely N-dealkylation sites (tertiary alicyclic amines) is 1. The second kappa shape index (κ2) is 10.6. The third-order valence-electron chi connectivity index (χ3n) is 7.86. The molecule has 0 saturated carbocycles. The number of carbonyl (C=O) groups is 1. The van der Waals surface area contributed by atoms with E-state index in [1.807, 2.05) is 24.7 Å². The molecule has 3 aliphatic rings. The van der Waals surface area contributed by atoms with Crippen LogP contribution in [0, 0.1) is 0 Å². The maximum absolute atomic E-state index is 11.9. The van der Waals surface area contributed by atoms with E-state index in [4.69, 9.17) is 9.98 Å². The third-order valence-corrected chi connectivity index (χ3v) is 9.16. The maximum Gasteiger partial charge on any atom is 0.174 e. The number of hydrogen-bond donors (Lipinski definition) is 2. The number of hydrogen-bond acceptors (Lipinski definition) is 8. The monoisotopic (exact) mass is 549 g/mol. The van der Waals surface area contributed by atoms with Gasteiger partial charge in [0, 0.05) is 59.3 Å². The Balaban J connectivity index is 1.23. The summed E-state index contributed by atoms with van der Waals surface area (Å²) in [6.07, 6.45) is 9.18. The lowest BCUT2D eigenvalue weighted by atomic mass is 9.98. The molecule has 2 N–H and O–H groups in total. The Morgan fingerprint density at radius 1 is 1.10 bits per heavy atom. The second-order valence-corrected chi connectivity index (χ2v) is 11.8. The summed E-state index contributed by atoms with van der Waals surface area (Å²) in [7, 11) is 0. The molecule has 1 atom stereocenters. The van der Waals surface area contributed by atoms with E-state index in [1.165, 1.54) is 18.4 Å². The van der Waals surface area contributed by atoms with Crippen LogP contribution in [-0.4, -0.2) is 63.7 Å². The van der Waals surface area contributed by atoms with Crippen LogP contribution in [0.2, 0.25) is 0 Å². The van der Waals surface area contributed by atoms with E-state index in [0.29, 0.717) is 12.4 Å². The number of carbonyl (C=O) groups excluding carboxylic acids is 1. The van der Waals surface area contributed by atoms with Gasteiger partial charge in [-0.3, -0.25) is 19.7 Å². The van der Waals surface area contributed by atoms with E-state index in [2.05, 4.69) is 55.5 Å². The average molecular weight is 550 g/mol. The predicted molar refractivity (Wildman–Crippen MR) is 161 cm³/mol. The normalized spacial score (nSPS) is 18.5. The molecule has 0 aliphatic carbocycles. The van der Waals surface area contributed by atoms with E-state index in [1.54, 1.807) is 18.3 Å². The molecule has 3 aromatic heterocycles. The highest BCUT2D eigenvalue weighted by atomic mass is 32.1. The number of benzene rings is 1. The molecule has 202 valence electrons. The average Bonchev–Trinajstić information content (AvgIpc) is 3.72. The zero-order valence-corrected chi connectivity index (χ0v) is 23.3. The highest BCUT2D eigenvalue weighted by molar-refractivity contribution is 7.14. The van der Waals surface area contributed by atoms with Crippen LogP contribution in [0.4, 0.5) is 11.5 Å². The van der Waals surface area contributed by atoms with Gasteiger partial charge >= 0.3 is 0 Å². The third kappa shape index (κ3) is 4.80. The van der Waals surface area contributed by atoms with Gasteiger partial charge in [0.2, 0.25) is 0 Å². The summed E-state index contributed by atoms with van der Waals surface area (Å²) in [5.41, 5.74) is 7.32. The topological polar surface area (TPSA) is 98.6 Å². The lowest BCUT2D eigenvalue weighted by Gasteiger charge is -2.16. The summed E-state index contributed by atoms with van der Waals surface area (Å²) in [5, 5.41) is 3.53. The van der Waals surface area contributed by atoms with Gasteiger partial charge in [-0.1, -0.05) is 6.07 Å². The number of rotatable bonds is 6. The van der Waals surface area contributed by atoms with Gasteiger partial charge < -0.3 is 10.3 Å². The molecule has 6 heterocycles. The van der Waals surface area contributed by atoms with E-state index in [9.17, 15) is 4.79 Å². The number of pyridine rings is 1. The van der Waals surface area contributed by atoms with Gasteiger partial charge in [-0.05, 0) is 80.7 Å². The number of H-pyrrole nitrogens is 1. The van der Waals surface area contributed by atoms with Gasteiger partial charge in [0.1, 0.15) is 5.71 Å². The Bertz CT molecular complexity index is 1640. The van der Waals surface area contributed by atoms with Crippen molar-refractivity contribution >= 4 is 40.6 Å². The highest BCUT2D eigenvalue weighted by Gasteiger charge is 2.28. The number of Topliss-reactive ketones (excluding diaryl/α,β-unsaturated/α-hetero) is 1. The summed E-state index contributed by atoms with van der Waals surface area (Å²) in [6.45, 7) is 6.29. The van der Waals surface area contributed by atoms with Gasteiger partial charge in [0.25, 0.3) is 0 Å². The fraction of sp³-hybridized carbons (Fsp3) is 0.323. The zero-order chi connectivity index (χ0) is 27.1. The van der Waals surface area contributed by atoms with Crippen LogP contribution >= 0.6 is 11.3 Å². The summed E-state index contributed by atoms with van der Waals surface area (Å²) < 4.78 is 0. The summed E-state index contributed by atoms with van der Waals surface area (Å²) >= 11 is 1.55. The Hall–Kier alpha value is -3.95. The van der Waals surface area contributed by atoms with Crippen molar-refractivity contribution in [3.8, 4) is 11.1 Å². The molecule has 8 nitrogen and oxygen atoms in total. The van der Waals surface area contributed by atoms with Crippen LogP contribution < -0.4 is 5.32 Å². The molecule has 0 radical (unpaired) electrons. The van der Waals surface area contributed by atoms with Gasteiger partial charge in [-0.2, -0.15) is 0 Å². The van der Waals surface area contributed by atoms with Crippen LogP contribution in [0.15, 0.2) is 58.8 Å². The molecule has 0 amide bonds. The van der Waals surface area contributed by atoms with Crippen molar-refractivity contribution in [1.29, 1.82) is 0 Å². The maximum atomic E-state index is 11.9. The van der Waals surface area contributed by atoms with E-state index < -0.39 is 0 Å². The SMILES string of the molecule is CC(=O)c1ccc(C2CC=Nc3nc(C4=NCCNc5ccc(-c6cncc(CN7CCCC7)c6)cc54)[nH]c32)s1. The molecule has 0 spiro atoms. The minimum Gasteiger partial charge on any atom is -0.383 e. The first-order chi connectivity index (χ1) is 19.6. The molecule has 1 unspecified atom stereocenters. The van der Waals surface area contributed by atoms with Crippen LogP contribution in [0.1, 0.15) is 69.3 Å². The fourth-order valence-corrected chi connectivity index (χ4v) is 6.86. The van der Waals surface area contributed by atoms with Gasteiger partial charge in [-0.25, -0.2) is 9.98 Å².